The number of hydrogen-bond acceptors (Lipinski definition) is 6. The van der Waals surface area contributed by atoms with Crippen LogP contribution in [0.15, 0.2) is 83.4 Å². The van der Waals surface area contributed by atoms with Crippen molar-refractivity contribution in [1.29, 1.82) is 0 Å². The summed E-state index contributed by atoms with van der Waals surface area (Å²) in [7, 11) is 0. The SMILES string of the molecule is Cc1ccccc1-c1noc(CN2CCCC(C(=O)Nc3ccc(OCc4ccccc4)cc3)C2)n1. The minimum Gasteiger partial charge on any atom is -0.489 e. The molecule has 1 saturated heterocycles. The molecule has 1 aliphatic rings. The molecule has 1 amide bonds. The number of ether oxygens (including phenoxy) is 1. The van der Waals surface area contributed by atoms with E-state index in [0.717, 1.165) is 47.5 Å². The minimum atomic E-state index is -0.0912. The molecule has 1 fully saturated rings. The summed E-state index contributed by atoms with van der Waals surface area (Å²) < 4.78 is 11.3. The molecule has 3 aromatic carbocycles. The van der Waals surface area contributed by atoms with Gasteiger partial charge in [-0.3, -0.25) is 9.69 Å². The molecule has 36 heavy (non-hydrogen) atoms. The number of aromatic nitrogens is 2. The summed E-state index contributed by atoms with van der Waals surface area (Å²) in [6.45, 7) is 4.64. The topological polar surface area (TPSA) is 80.5 Å². The summed E-state index contributed by atoms with van der Waals surface area (Å²) in [5, 5.41) is 7.21. The van der Waals surface area contributed by atoms with Gasteiger partial charge in [-0.25, -0.2) is 0 Å². The van der Waals surface area contributed by atoms with E-state index >= 15 is 0 Å². The summed E-state index contributed by atoms with van der Waals surface area (Å²) >= 11 is 0. The van der Waals surface area contributed by atoms with Crippen LogP contribution in [0, 0.1) is 12.8 Å². The second kappa shape index (κ2) is 11.2. The van der Waals surface area contributed by atoms with Crippen molar-refractivity contribution in [1.82, 2.24) is 15.0 Å². The van der Waals surface area contributed by atoms with Crippen LogP contribution < -0.4 is 10.1 Å². The normalized spacial score (nSPS) is 16.0. The van der Waals surface area contributed by atoms with Gasteiger partial charge in [-0.1, -0.05) is 59.8 Å². The Bertz CT molecular complexity index is 1290. The van der Waals surface area contributed by atoms with E-state index in [1.165, 1.54) is 0 Å². The van der Waals surface area contributed by atoms with Crippen LogP contribution in [-0.2, 0) is 17.9 Å². The van der Waals surface area contributed by atoms with Crippen molar-refractivity contribution in [3.8, 4) is 17.1 Å². The van der Waals surface area contributed by atoms with Crippen molar-refractivity contribution >= 4 is 11.6 Å². The Balaban J connectivity index is 1.13. The van der Waals surface area contributed by atoms with Crippen LogP contribution in [0.2, 0.25) is 0 Å². The average Bonchev–Trinajstić information content (AvgIpc) is 3.37. The van der Waals surface area contributed by atoms with Gasteiger partial charge in [0.25, 0.3) is 0 Å². The molecular weight excluding hydrogens is 452 g/mol. The quantitative estimate of drug-likeness (QED) is 0.358. The lowest BCUT2D eigenvalue weighted by Crippen LogP contribution is -2.40. The molecule has 2 heterocycles. The second-order valence-electron chi connectivity index (χ2n) is 9.19. The predicted octanol–water partition coefficient (Wildman–Crippen LogP) is 5.47. The van der Waals surface area contributed by atoms with Gasteiger partial charge in [-0.05, 0) is 61.7 Å². The summed E-state index contributed by atoms with van der Waals surface area (Å²) in [5.74, 6) is 1.88. The molecule has 184 valence electrons. The summed E-state index contributed by atoms with van der Waals surface area (Å²) in [5.41, 5.74) is 3.96. The largest absolute Gasteiger partial charge is 0.489 e. The number of nitrogens with one attached hydrogen (secondary N) is 1. The van der Waals surface area contributed by atoms with Crippen LogP contribution in [-0.4, -0.2) is 34.0 Å². The molecule has 0 bridgehead atoms. The molecule has 7 heteroatoms. The summed E-state index contributed by atoms with van der Waals surface area (Å²) in [6, 6.07) is 25.5. The van der Waals surface area contributed by atoms with Crippen molar-refractivity contribution in [2.24, 2.45) is 5.92 Å². The van der Waals surface area contributed by atoms with Gasteiger partial charge < -0.3 is 14.6 Å². The zero-order chi connectivity index (χ0) is 24.7. The van der Waals surface area contributed by atoms with Crippen LogP contribution >= 0.6 is 0 Å². The third kappa shape index (κ3) is 5.98. The number of benzene rings is 3. The Morgan fingerprint density at radius 1 is 1.06 bits per heavy atom. The van der Waals surface area contributed by atoms with Crippen LogP contribution in [0.3, 0.4) is 0 Å². The zero-order valence-corrected chi connectivity index (χ0v) is 20.4. The predicted molar refractivity (Wildman–Crippen MR) is 138 cm³/mol. The van der Waals surface area contributed by atoms with E-state index in [9.17, 15) is 4.79 Å². The Kier molecular flexibility index (Phi) is 7.38. The number of nitrogens with zero attached hydrogens (tertiary/aromatic N) is 3. The number of carbonyl (C=O) groups excluding carboxylic acids is 1. The van der Waals surface area contributed by atoms with Crippen molar-refractivity contribution in [3.05, 3.63) is 95.9 Å². The monoisotopic (exact) mass is 482 g/mol. The molecule has 1 aliphatic heterocycles. The number of hydrogen-bond donors (Lipinski definition) is 1. The number of carbonyl (C=O) groups is 1. The van der Waals surface area contributed by atoms with E-state index in [1.807, 2.05) is 85.8 Å². The maximum Gasteiger partial charge on any atom is 0.241 e. The molecule has 1 aromatic heterocycles. The third-order valence-corrected chi connectivity index (χ3v) is 6.46. The van der Waals surface area contributed by atoms with Crippen molar-refractivity contribution in [3.63, 3.8) is 0 Å². The lowest BCUT2D eigenvalue weighted by atomic mass is 9.97. The minimum absolute atomic E-state index is 0.0313. The summed E-state index contributed by atoms with van der Waals surface area (Å²) in [4.78, 5) is 19.8. The fourth-order valence-electron chi connectivity index (χ4n) is 4.48. The number of aryl methyl sites for hydroxylation is 1. The van der Waals surface area contributed by atoms with Crippen molar-refractivity contribution in [2.45, 2.75) is 32.9 Å². The van der Waals surface area contributed by atoms with Crippen LogP contribution in [0.1, 0.15) is 29.9 Å². The number of piperidine rings is 1. The first-order valence-corrected chi connectivity index (χ1v) is 12.3. The lowest BCUT2D eigenvalue weighted by Gasteiger charge is -2.30. The summed E-state index contributed by atoms with van der Waals surface area (Å²) in [6.07, 6.45) is 1.81. The first-order chi connectivity index (χ1) is 17.6. The fourth-order valence-corrected chi connectivity index (χ4v) is 4.48. The standard InChI is InChI=1S/C29H30N4O3/c1-21-8-5-6-12-26(21)28-31-27(36-32-28)19-33-17-7-11-23(18-33)29(34)30-24-13-15-25(16-14-24)35-20-22-9-3-2-4-10-22/h2-6,8-10,12-16,23H,7,11,17-20H2,1H3,(H,30,34). The van der Waals surface area contributed by atoms with Crippen molar-refractivity contribution in [2.75, 3.05) is 18.4 Å². The maximum atomic E-state index is 13.0. The highest BCUT2D eigenvalue weighted by Crippen LogP contribution is 2.24. The molecule has 7 nitrogen and oxygen atoms in total. The van der Waals surface area contributed by atoms with Gasteiger partial charge in [0, 0.05) is 17.8 Å². The molecule has 0 saturated carbocycles. The van der Waals surface area contributed by atoms with E-state index < -0.39 is 0 Å². The van der Waals surface area contributed by atoms with Gasteiger partial charge in [-0.2, -0.15) is 4.98 Å². The number of rotatable bonds is 8. The number of likely N-dealkylation sites (tertiary alicyclic amines) is 1. The Labute approximate surface area is 211 Å². The highest BCUT2D eigenvalue weighted by atomic mass is 16.5. The molecule has 1 unspecified atom stereocenters. The first kappa shape index (κ1) is 23.8. The zero-order valence-electron chi connectivity index (χ0n) is 20.4. The van der Waals surface area contributed by atoms with E-state index in [1.54, 1.807) is 0 Å². The molecule has 1 atom stereocenters. The molecule has 0 aliphatic carbocycles. The first-order valence-electron chi connectivity index (χ1n) is 12.3. The highest BCUT2D eigenvalue weighted by Gasteiger charge is 2.27. The Morgan fingerprint density at radius 3 is 2.64 bits per heavy atom. The fraction of sp³-hybridized carbons (Fsp3) is 0.276. The molecule has 5 rings (SSSR count). The molecule has 0 radical (unpaired) electrons. The molecule has 1 N–H and O–H groups in total. The van der Waals surface area contributed by atoms with Gasteiger partial charge in [0.2, 0.25) is 17.6 Å². The Morgan fingerprint density at radius 2 is 1.83 bits per heavy atom. The van der Waals surface area contributed by atoms with E-state index in [4.69, 9.17) is 9.26 Å². The molecular formula is C29H30N4O3. The molecule has 4 aromatic rings. The van der Waals surface area contributed by atoms with E-state index in [-0.39, 0.29) is 11.8 Å². The van der Waals surface area contributed by atoms with Crippen LogP contribution in [0.5, 0.6) is 5.75 Å². The van der Waals surface area contributed by atoms with Gasteiger partial charge in [-0.15, -0.1) is 0 Å². The second-order valence-corrected chi connectivity index (χ2v) is 9.19. The highest BCUT2D eigenvalue weighted by molar-refractivity contribution is 5.92. The lowest BCUT2D eigenvalue weighted by molar-refractivity contribution is -0.121. The van der Waals surface area contributed by atoms with Crippen LogP contribution in [0.25, 0.3) is 11.4 Å². The third-order valence-electron chi connectivity index (χ3n) is 6.46. The van der Waals surface area contributed by atoms with Gasteiger partial charge in [0.05, 0.1) is 12.5 Å². The number of amides is 1. The number of anilines is 1. The maximum absolute atomic E-state index is 13.0. The molecule has 0 spiro atoms. The Hall–Kier alpha value is -3.97. The van der Waals surface area contributed by atoms with Gasteiger partial charge in [0.1, 0.15) is 12.4 Å². The van der Waals surface area contributed by atoms with Crippen LogP contribution in [0.4, 0.5) is 5.69 Å². The van der Waals surface area contributed by atoms with Gasteiger partial charge in [0.15, 0.2) is 0 Å². The van der Waals surface area contributed by atoms with Crippen molar-refractivity contribution < 1.29 is 14.1 Å². The van der Waals surface area contributed by atoms with E-state index in [0.29, 0.717) is 31.4 Å². The smallest absolute Gasteiger partial charge is 0.241 e. The average molecular weight is 483 g/mol. The van der Waals surface area contributed by atoms with Gasteiger partial charge >= 0.3 is 0 Å². The van der Waals surface area contributed by atoms with E-state index in [2.05, 4.69) is 20.4 Å².